The van der Waals surface area contributed by atoms with Crippen LogP contribution in [0.5, 0.6) is 0 Å². The smallest absolute Gasteiger partial charge is 0.150 e. The van der Waals surface area contributed by atoms with Gasteiger partial charge in [0, 0.05) is 17.0 Å². The van der Waals surface area contributed by atoms with E-state index in [2.05, 4.69) is 54.1 Å². The molecule has 2 heterocycles. The summed E-state index contributed by atoms with van der Waals surface area (Å²) in [5.74, 6) is 0.495. The molecule has 0 atom stereocenters. The Morgan fingerprint density at radius 3 is 2.64 bits per heavy atom. The number of aromatic nitrogens is 2. The summed E-state index contributed by atoms with van der Waals surface area (Å²) in [7, 11) is 0. The van der Waals surface area contributed by atoms with Crippen LogP contribution in [0.4, 0.5) is 5.82 Å². The van der Waals surface area contributed by atoms with Crippen molar-refractivity contribution in [2.24, 2.45) is 0 Å². The molecule has 3 heteroatoms. The summed E-state index contributed by atoms with van der Waals surface area (Å²) < 4.78 is 0. The molecule has 0 amide bonds. The summed E-state index contributed by atoms with van der Waals surface area (Å²) in [5, 5.41) is 2.19. The lowest BCUT2D eigenvalue weighted by molar-refractivity contribution is 0.942. The third-order valence-corrected chi connectivity index (χ3v) is 4.81. The van der Waals surface area contributed by atoms with E-state index in [-0.39, 0.29) is 0 Å². The van der Waals surface area contributed by atoms with E-state index in [9.17, 15) is 0 Å². The van der Waals surface area contributed by atoms with Gasteiger partial charge in [-0.2, -0.15) is 0 Å². The first-order valence-electron chi connectivity index (χ1n) is 8.61. The number of rotatable bonds is 3. The molecule has 0 unspecified atom stereocenters. The van der Waals surface area contributed by atoms with Crippen LogP contribution in [0.25, 0.3) is 21.8 Å². The monoisotopic (exact) mass is 327 g/mol. The van der Waals surface area contributed by atoms with Gasteiger partial charge in [-0.1, -0.05) is 42.0 Å². The molecule has 0 aliphatic heterocycles. The summed E-state index contributed by atoms with van der Waals surface area (Å²) in [6.45, 7) is 4.32. The van der Waals surface area contributed by atoms with E-state index >= 15 is 0 Å². The molecule has 2 aromatic heterocycles. The molecular formula is C22H21N3. The van der Waals surface area contributed by atoms with Crippen molar-refractivity contribution in [2.45, 2.75) is 26.7 Å². The Kier molecular flexibility index (Phi) is 3.85. The molecule has 3 nitrogen and oxygen atoms in total. The molecule has 2 aromatic carbocycles. The highest BCUT2D eigenvalue weighted by molar-refractivity contribution is 6.08. The Labute approximate surface area is 147 Å². The molecule has 4 rings (SSSR count). The first-order valence-corrected chi connectivity index (χ1v) is 8.61. The zero-order valence-corrected chi connectivity index (χ0v) is 14.6. The summed E-state index contributed by atoms with van der Waals surface area (Å²) >= 11 is 0. The van der Waals surface area contributed by atoms with Gasteiger partial charge in [0.25, 0.3) is 0 Å². The lowest BCUT2D eigenvalue weighted by Crippen LogP contribution is -1.99. The van der Waals surface area contributed by atoms with E-state index in [1.165, 1.54) is 22.3 Å². The highest BCUT2D eigenvalue weighted by Crippen LogP contribution is 2.27. The minimum Gasteiger partial charge on any atom is -0.382 e. The Morgan fingerprint density at radius 2 is 1.76 bits per heavy atom. The topological polar surface area (TPSA) is 51.8 Å². The first kappa shape index (κ1) is 15.6. The van der Waals surface area contributed by atoms with Crippen molar-refractivity contribution in [3.8, 4) is 0 Å². The van der Waals surface area contributed by atoms with Crippen molar-refractivity contribution in [3.05, 3.63) is 77.0 Å². The van der Waals surface area contributed by atoms with Gasteiger partial charge in [0.2, 0.25) is 0 Å². The minimum absolute atomic E-state index is 0.495. The fourth-order valence-corrected chi connectivity index (χ4v) is 3.38. The molecule has 4 aromatic rings. The Morgan fingerprint density at radius 1 is 0.920 bits per heavy atom. The average molecular weight is 327 g/mol. The number of benzene rings is 2. The van der Waals surface area contributed by atoms with E-state index in [0.29, 0.717) is 5.82 Å². The van der Waals surface area contributed by atoms with E-state index < -0.39 is 0 Å². The number of nitrogen functional groups attached to an aromatic ring is 1. The van der Waals surface area contributed by atoms with Gasteiger partial charge < -0.3 is 5.73 Å². The SMILES string of the molecule is Cc1ccc(C)c(CCc2cnc3c(N)nc4ccccc4c3c2)c1. The van der Waals surface area contributed by atoms with Crippen LogP contribution in [0.3, 0.4) is 0 Å². The Balaban J connectivity index is 1.73. The third-order valence-electron chi connectivity index (χ3n) is 4.81. The van der Waals surface area contributed by atoms with Crippen molar-refractivity contribution < 1.29 is 0 Å². The summed E-state index contributed by atoms with van der Waals surface area (Å²) in [5.41, 5.74) is 13.1. The second kappa shape index (κ2) is 6.17. The highest BCUT2D eigenvalue weighted by Gasteiger charge is 2.08. The van der Waals surface area contributed by atoms with Crippen molar-refractivity contribution in [2.75, 3.05) is 5.73 Å². The number of hydrogen-bond acceptors (Lipinski definition) is 3. The maximum absolute atomic E-state index is 6.10. The maximum atomic E-state index is 6.10. The number of nitrogens with zero attached hydrogens (tertiary/aromatic N) is 2. The zero-order chi connectivity index (χ0) is 17.4. The van der Waals surface area contributed by atoms with Crippen LogP contribution < -0.4 is 5.73 Å². The van der Waals surface area contributed by atoms with Gasteiger partial charge >= 0.3 is 0 Å². The van der Waals surface area contributed by atoms with Gasteiger partial charge in [-0.15, -0.1) is 0 Å². The number of nitrogens with two attached hydrogens (primary N) is 1. The lowest BCUT2D eigenvalue weighted by Gasteiger charge is -2.10. The summed E-state index contributed by atoms with van der Waals surface area (Å²) in [6, 6.07) is 16.9. The second-order valence-corrected chi connectivity index (χ2v) is 6.68. The second-order valence-electron chi connectivity index (χ2n) is 6.68. The van der Waals surface area contributed by atoms with Crippen LogP contribution >= 0.6 is 0 Å². The van der Waals surface area contributed by atoms with E-state index in [4.69, 9.17) is 5.73 Å². The molecule has 0 aliphatic carbocycles. The molecule has 0 bridgehead atoms. The van der Waals surface area contributed by atoms with Crippen molar-refractivity contribution in [3.63, 3.8) is 0 Å². The predicted octanol–water partition coefficient (Wildman–Crippen LogP) is 4.77. The van der Waals surface area contributed by atoms with Gasteiger partial charge in [-0.25, -0.2) is 4.98 Å². The molecule has 25 heavy (non-hydrogen) atoms. The molecule has 124 valence electrons. The lowest BCUT2D eigenvalue weighted by atomic mass is 9.98. The zero-order valence-electron chi connectivity index (χ0n) is 14.6. The van der Waals surface area contributed by atoms with Crippen molar-refractivity contribution in [1.29, 1.82) is 0 Å². The van der Waals surface area contributed by atoms with E-state index in [1.807, 2.05) is 24.4 Å². The van der Waals surface area contributed by atoms with E-state index in [0.717, 1.165) is 34.6 Å². The van der Waals surface area contributed by atoms with Crippen molar-refractivity contribution in [1.82, 2.24) is 9.97 Å². The molecule has 0 radical (unpaired) electrons. The summed E-state index contributed by atoms with van der Waals surface area (Å²) in [6.07, 6.45) is 3.91. The summed E-state index contributed by atoms with van der Waals surface area (Å²) in [4.78, 5) is 9.06. The van der Waals surface area contributed by atoms with Crippen LogP contribution in [0.2, 0.25) is 0 Å². The van der Waals surface area contributed by atoms with Gasteiger partial charge in [0.15, 0.2) is 5.82 Å². The van der Waals surface area contributed by atoms with Gasteiger partial charge in [-0.05, 0) is 55.5 Å². The predicted molar refractivity (Wildman–Crippen MR) is 105 cm³/mol. The normalized spacial score (nSPS) is 11.3. The Bertz CT molecular complexity index is 1080. The van der Waals surface area contributed by atoms with Crippen LogP contribution in [0.1, 0.15) is 22.3 Å². The van der Waals surface area contributed by atoms with Crippen molar-refractivity contribution >= 4 is 27.6 Å². The highest BCUT2D eigenvalue weighted by atomic mass is 14.9. The average Bonchev–Trinajstić information content (AvgIpc) is 2.62. The number of hydrogen-bond donors (Lipinski definition) is 1. The van der Waals surface area contributed by atoms with Gasteiger partial charge in [0.1, 0.15) is 5.52 Å². The molecular weight excluding hydrogens is 306 g/mol. The van der Waals surface area contributed by atoms with Gasteiger partial charge in [0.05, 0.1) is 5.52 Å². The maximum Gasteiger partial charge on any atom is 0.150 e. The molecule has 0 saturated carbocycles. The number of aryl methyl sites for hydroxylation is 4. The standard InChI is InChI=1S/C22H21N3/c1-14-7-8-15(2)17(11-14)10-9-16-12-19-18-5-3-4-6-20(18)25-22(23)21(19)24-13-16/h3-8,11-13H,9-10H2,1-2H3,(H2,23,25). The number of pyridine rings is 2. The molecule has 0 aliphatic rings. The van der Waals surface area contributed by atoms with Crippen LogP contribution in [-0.4, -0.2) is 9.97 Å². The first-order chi connectivity index (χ1) is 12.1. The quantitative estimate of drug-likeness (QED) is 0.552. The fraction of sp³-hybridized carbons (Fsp3) is 0.182. The Hall–Kier alpha value is -2.94. The number of para-hydroxylation sites is 1. The number of fused-ring (bicyclic) bond motifs is 3. The largest absolute Gasteiger partial charge is 0.382 e. The van der Waals surface area contributed by atoms with E-state index in [1.54, 1.807) is 0 Å². The molecule has 0 fully saturated rings. The number of anilines is 1. The van der Waals surface area contributed by atoms with Crippen LogP contribution in [0, 0.1) is 13.8 Å². The van der Waals surface area contributed by atoms with Gasteiger partial charge in [-0.3, -0.25) is 4.98 Å². The molecule has 0 saturated heterocycles. The molecule has 0 spiro atoms. The molecule has 2 N–H and O–H groups in total. The fourth-order valence-electron chi connectivity index (χ4n) is 3.38. The third kappa shape index (κ3) is 2.93. The van der Waals surface area contributed by atoms with Crippen LogP contribution in [0.15, 0.2) is 54.7 Å². The van der Waals surface area contributed by atoms with Crippen LogP contribution in [-0.2, 0) is 12.8 Å². The minimum atomic E-state index is 0.495.